The van der Waals surface area contributed by atoms with E-state index in [1.165, 1.54) is 6.42 Å². The van der Waals surface area contributed by atoms with Gasteiger partial charge in [-0.2, -0.15) is 0 Å². The van der Waals surface area contributed by atoms with E-state index in [4.69, 9.17) is 0 Å². The van der Waals surface area contributed by atoms with Crippen molar-refractivity contribution >= 4 is 53.6 Å². The molecule has 1 nitrogen and oxygen atoms in total. The molecule has 4 atom stereocenters. The topological polar surface area (TPSA) is 17.1 Å². The SMILES string of the molecule is C[C@]1(CBr)[C@@H]2CC[C@@]1(CBr)C(=O)[C@H]2Br. The first kappa shape index (κ1) is 11.6. The lowest BCUT2D eigenvalue weighted by molar-refractivity contribution is -0.127. The second kappa shape index (κ2) is 3.56. The molecule has 0 N–H and O–H groups in total. The number of alkyl halides is 3. The largest absolute Gasteiger partial charge is 0.298 e. The summed E-state index contributed by atoms with van der Waals surface area (Å²) in [6, 6.07) is 0. The van der Waals surface area contributed by atoms with E-state index < -0.39 is 0 Å². The second-order valence-electron chi connectivity index (χ2n) is 4.68. The third-order valence-electron chi connectivity index (χ3n) is 4.37. The summed E-state index contributed by atoms with van der Waals surface area (Å²) in [5.74, 6) is 0.916. The van der Waals surface area contributed by atoms with E-state index in [0.29, 0.717) is 11.7 Å². The molecule has 0 aromatic heterocycles. The van der Waals surface area contributed by atoms with Crippen LogP contribution in [0.1, 0.15) is 19.8 Å². The van der Waals surface area contributed by atoms with Gasteiger partial charge in [0.25, 0.3) is 0 Å². The molecular weight excluding hydrogens is 376 g/mol. The van der Waals surface area contributed by atoms with Crippen molar-refractivity contribution in [1.82, 2.24) is 0 Å². The van der Waals surface area contributed by atoms with Crippen LogP contribution < -0.4 is 0 Å². The summed E-state index contributed by atoms with van der Waals surface area (Å²) >= 11 is 10.7. The van der Waals surface area contributed by atoms with Gasteiger partial charge < -0.3 is 0 Å². The zero-order chi connectivity index (χ0) is 10.6. The fourth-order valence-corrected chi connectivity index (χ4v) is 6.63. The smallest absolute Gasteiger partial charge is 0.154 e. The zero-order valence-corrected chi connectivity index (χ0v) is 12.8. The number of hydrogen-bond acceptors (Lipinski definition) is 1. The number of fused-ring (bicyclic) bond motifs is 2. The summed E-state index contributed by atoms with van der Waals surface area (Å²) in [6.45, 7) is 2.25. The average molecular weight is 389 g/mol. The summed E-state index contributed by atoms with van der Waals surface area (Å²) < 4.78 is 0. The molecule has 0 amide bonds. The van der Waals surface area contributed by atoms with Crippen molar-refractivity contribution in [3.05, 3.63) is 0 Å². The molecule has 2 aliphatic carbocycles. The Balaban J connectivity index is 2.50. The maximum absolute atomic E-state index is 12.2. The van der Waals surface area contributed by atoms with Crippen molar-refractivity contribution in [2.45, 2.75) is 24.6 Å². The molecule has 2 saturated carbocycles. The first-order chi connectivity index (χ1) is 6.53. The third-order valence-corrected chi connectivity index (χ3v) is 7.55. The van der Waals surface area contributed by atoms with Crippen molar-refractivity contribution < 1.29 is 4.79 Å². The molecule has 0 radical (unpaired) electrons. The third kappa shape index (κ3) is 1.08. The summed E-state index contributed by atoms with van der Waals surface area (Å²) in [6.07, 6.45) is 2.22. The van der Waals surface area contributed by atoms with E-state index in [2.05, 4.69) is 54.7 Å². The van der Waals surface area contributed by atoms with Crippen molar-refractivity contribution in [2.24, 2.45) is 16.7 Å². The highest BCUT2D eigenvalue weighted by atomic mass is 79.9. The first-order valence-corrected chi connectivity index (χ1v) is 8.00. The van der Waals surface area contributed by atoms with Gasteiger partial charge in [0.15, 0.2) is 5.78 Å². The predicted octanol–water partition coefficient (Wildman–Crippen LogP) is 3.53. The molecule has 0 saturated heterocycles. The molecule has 0 spiro atoms. The van der Waals surface area contributed by atoms with Gasteiger partial charge in [0.2, 0.25) is 0 Å². The Labute approximate surface area is 110 Å². The minimum absolute atomic E-state index is 0.0800. The minimum Gasteiger partial charge on any atom is -0.298 e. The van der Waals surface area contributed by atoms with Gasteiger partial charge in [-0.05, 0) is 24.2 Å². The molecule has 2 rings (SSSR count). The quantitative estimate of drug-likeness (QED) is 0.661. The van der Waals surface area contributed by atoms with Crippen LogP contribution in [0.3, 0.4) is 0 Å². The van der Waals surface area contributed by atoms with Gasteiger partial charge in [-0.15, -0.1) is 0 Å². The van der Waals surface area contributed by atoms with Crippen molar-refractivity contribution in [3.8, 4) is 0 Å². The average Bonchev–Trinajstić information content (AvgIpc) is 2.57. The lowest BCUT2D eigenvalue weighted by Crippen LogP contribution is -2.41. The molecule has 14 heavy (non-hydrogen) atoms. The summed E-state index contributed by atoms with van der Waals surface area (Å²) in [4.78, 5) is 12.3. The number of carbonyl (C=O) groups excluding carboxylic acids is 1. The van der Waals surface area contributed by atoms with Crippen LogP contribution in [-0.2, 0) is 4.79 Å². The predicted molar refractivity (Wildman–Crippen MR) is 68.6 cm³/mol. The second-order valence-corrected chi connectivity index (χ2v) is 6.79. The molecule has 0 heterocycles. The normalized spacial score (nSPS) is 51.6. The van der Waals surface area contributed by atoms with Gasteiger partial charge in [-0.1, -0.05) is 54.7 Å². The van der Waals surface area contributed by atoms with E-state index in [0.717, 1.165) is 17.1 Å². The Bertz CT molecular complexity index is 281. The van der Waals surface area contributed by atoms with Crippen LogP contribution in [0.2, 0.25) is 0 Å². The fraction of sp³-hybridized carbons (Fsp3) is 0.900. The van der Waals surface area contributed by atoms with E-state index in [1.54, 1.807) is 0 Å². The van der Waals surface area contributed by atoms with Crippen LogP contribution in [0.4, 0.5) is 0 Å². The lowest BCUT2D eigenvalue weighted by atomic mass is 9.70. The Morgan fingerprint density at radius 1 is 1.43 bits per heavy atom. The highest BCUT2D eigenvalue weighted by molar-refractivity contribution is 9.10. The molecule has 0 unspecified atom stereocenters. The van der Waals surface area contributed by atoms with Crippen molar-refractivity contribution in [3.63, 3.8) is 0 Å². The lowest BCUT2D eigenvalue weighted by Gasteiger charge is -2.36. The van der Waals surface area contributed by atoms with Gasteiger partial charge in [-0.3, -0.25) is 4.79 Å². The number of hydrogen-bond donors (Lipinski definition) is 0. The number of Topliss-reactive ketones (excluding diaryl/α,β-unsaturated/α-hetero) is 1. The van der Waals surface area contributed by atoms with Crippen LogP contribution in [0, 0.1) is 16.7 Å². The molecule has 2 aliphatic rings. The van der Waals surface area contributed by atoms with Gasteiger partial charge in [0.05, 0.1) is 4.83 Å². The van der Waals surface area contributed by atoms with Gasteiger partial charge in [0.1, 0.15) is 0 Å². The summed E-state index contributed by atoms with van der Waals surface area (Å²) in [5.41, 5.74) is -0.00289. The highest BCUT2D eigenvalue weighted by Gasteiger charge is 2.68. The van der Waals surface area contributed by atoms with Crippen LogP contribution in [0.25, 0.3) is 0 Å². The summed E-state index contributed by atoms with van der Waals surface area (Å²) in [7, 11) is 0. The summed E-state index contributed by atoms with van der Waals surface area (Å²) in [5, 5.41) is 1.73. The fourth-order valence-electron chi connectivity index (χ4n) is 3.19. The van der Waals surface area contributed by atoms with E-state index in [9.17, 15) is 4.79 Å². The number of rotatable bonds is 2. The number of carbonyl (C=O) groups is 1. The van der Waals surface area contributed by atoms with Gasteiger partial charge in [0, 0.05) is 16.1 Å². The highest BCUT2D eigenvalue weighted by Crippen LogP contribution is 2.66. The molecule has 2 fully saturated rings. The molecule has 80 valence electrons. The van der Waals surface area contributed by atoms with Crippen LogP contribution >= 0.6 is 47.8 Å². The Hall–Kier alpha value is 1.11. The van der Waals surface area contributed by atoms with Crippen molar-refractivity contribution in [1.29, 1.82) is 0 Å². The molecule has 4 heteroatoms. The Morgan fingerprint density at radius 3 is 2.50 bits per heavy atom. The van der Waals surface area contributed by atoms with Crippen molar-refractivity contribution in [2.75, 3.05) is 10.7 Å². The number of ketones is 1. The molecular formula is C10H13Br3O. The maximum Gasteiger partial charge on any atom is 0.154 e. The van der Waals surface area contributed by atoms with Crippen LogP contribution in [-0.4, -0.2) is 21.3 Å². The van der Waals surface area contributed by atoms with E-state index in [-0.39, 0.29) is 15.7 Å². The monoisotopic (exact) mass is 386 g/mol. The molecule has 0 aliphatic heterocycles. The number of halogens is 3. The molecule has 2 bridgehead atoms. The van der Waals surface area contributed by atoms with E-state index >= 15 is 0 Å². The van der Waals surface area contributed by atoms with Gasteiger partial charge >= 0.3 is 0 Å². The zero-order valence-electron chi connectivity index (χ0n) is 8.03. The molecule has 0 aromatic rings. The standard InChI is InChI=1S/C10H13Br3O/c1-9(4-11)6-2-3-10(9,5-12)8(14)7(6)13/h6-7H,2-5H2,1H3/t6-,7+,9+,10-/m1/s1. The Morgan fingerprint density at radius 2 is 2.07 bits per heavy atom. The maximum atomic E-state index is 12.2. The minimum atomic E-state index is -0.130. The van der Waals surface area contributed by atoms with Crippen LogP contribution in [0.5, 0.6) is 0 Å². The first-order valence-electron chi connectivity index (χ1n) is 4.84. The van der Waals surface area contributed by atoms with E-state index in [1.807, 2.05) is 0 Å². The molecule has 0 aromatic carbocycles. The Kier molecular flexibility index (Phi) is 2.95. The van der Waals surface area contributed by atoms with Crippen LogP contribution in [0.15, 0.2) is 0 Å². The van der Waals surface area contributed by atoms with Gasteiger partial charge in [-0.25, -0.2) is 0 Å².